The molecular formula is C15H14F3N5O. The minimum atomic E-state index is -4.55. The van der Waals surface area contributed by atoms with Gasteiger partial charge in [-0.1, -0.05) is 0 Å². The Morgan fingerprint density at radius 3 is 2.88 bits per heavy atom. The third-order valence-corrected chi connectivity index (χ3v) is 3.45. The molecule has 2 N–H and O–H groups in total. The standard InChI is InChI=1S/C15H14F3N5O/c16-15(17,18)14-21-11-3-2-10(8-12(11)22-14)13(24)20-4-1-6-23-7-5-19-9-23/h2-3,5,7-9H,1,4,6H2,(H,20,24)(H,21,22). The van der Waals surface area contributed by atoms with E-state index in [1.807, 2.05) is 10.8 Å². The first-order valence-electron chi connectivity index (χ1n) is 7.24. The predicted molar refractivity (Wildman–Crippen MR) is 80.3 cm³/mol. The number of hydrogen-bond acceptors (Lipinski definition) is 3. The highest BCUT2D eigenvalue weighted by atomic mass is 19.4. The first-order chi connectivity index (χ1) is 11.4. The molecule has 0 fully saturated rings. The molecule has 3 aromatic rings. The first-order valence-corrected chi connectivity index (χ1v) is 7.24. The lowest BCUT2D eigenvalue weighted by Gasteiger charge is -2.06. The maximum absolute atomic E-state index is 12.6. The van der Waals surface area contributed by atoms with Crippen LogP contribution in [0.1, 0.15) is 22.6 Å². The van der Waals surface area contributed by atoms with Crippen LogP contribution in [0.15, 0.2) is 36.9 Å². The van der Waals surface area contributed by atoms with Crippen LogP contribution in [0.25, 0.3) is 11.0 Å². The number of alkyl halides is 3. The Labute approximate surface area is 134 Å². The van der Waals surface area contributed by atoms with E-state index in [4.69, 9.17) is 0 Å². The number of fused-ring (bicyclic) bond motifs is 1. The quantitative estimate of drug-likeness (QED) is 0.703. The van der Waals surface area contributed by atoms with Gasteiger partial charge in [0, 0.05) is 31.0 Å². The predicted octanol–water partition coefficient (Wildman–Crippen LogP) is 2.60. The number of rotatable bonds is 5. The van der Waals surface area contributed by atoms with E-state index in [9.17, 15) is 18.0 Å². The van der Waals surface area contributed by atoms with Crippen LogP contribution in [0.4, 0.5) is 13.2 Å². The molecule has 0 aliphatic carbocycles. The molecule has 126 valence electrons. The van der Waals surface area contributed by atoms with Crippen molar-refractivity contribution in [2.45, 2.75) is 19.1 Å². The molecule has 3 rings (SSSR count). The lowest BCUT2D eigenvalue weighted by molar-refractivity contribution is -0.144. The van der Waals surface area contributed by atoms with Gasteiger partial charge in [-0.05, 0) is 24.6 Å². The van der Waals surface area contributed by atoms with Gasteiger partial charge in [0.05, 0.1) is 17.4 Å². The monoisotopic (exact) mass is 337 g/mol. The highest BCUT2D eigenvalue weighted by molar-refractivity contribution is 5.97. The number of carbonyl (C=O) groups excluding carboxylic acids is 1. The van der Waals surface area contributed by atoms with Crippen molar-refractivity contribution in [2.75, 3.05) is 6.54 Å². The molecular weight excluding hydrogens is 323 g/mol. The normalized spacial score (nSPS) is 11.8. The number of carbonyl (C=O) groups is 1. The van der Waals surface area contributed by atoms with Gasteiger partial charge < -0.3 is 14.9 Å². The van der Waals surface area contributed by atoms with E-state index in [-0.39, 0.29) is 22.5 Å². The van der Waals surface area contributed by atoms with Gasteiger partial charge in [-0.15, -0.1) is 0 Å². The molecule has 0 atom stereocenters. The summed E-state index contributed by atoms with van der Waals surface area (Å²) >= 11 is 0. The van der Waals surface area contributed by atoms with Gasteiger partial charge in [0.25, 0.3) is 5.91 Å². The van der Waals surface area contributed by atoms with E-state index >= 15 is 0 Å². The molecule has 1 aromatic carbocycles. The summed E-state index contributed by atoms with van der Waals surface area (Å²) < 4.78 is 39.8. The number of imidazole rings is 2. The second kappa shape index (κ2) is 6.34. The van der Waals surface area contributed by atoms with Crippen molar-refractivity contribution in [2.24, 2.45) is 0 Å². The van der Waals surface area contributed by atoms with Crippen LogP contribution in [-0.4, -0.2) is 32.0 Å². The number of hydrogen-bond donors (Lipinski definition) is 2. The van der Waals surface area contributed by atoms with Crippen molar-refractivity contribution >= 4 is 16.9 Å². The molecule has 24 heavy (non-hydrogen) atoms. The number of nitrogens with zero attached hydrogens (tertiary/aromatic N) is 3. The summed E-state index contributed by atoms with van der Waals surface area (Å²) in [7, 11) is 0. The van der Waals surface area contributed by atoms with Crippen molar-refractivity contribution in [1.82, 2.24) is 24.8 Å². The van der Waals surface area contributed by atoms with Gasteiger partial charge in [-0.2, -0.15) is 13.2 Å². The number of benzene rings is 1. The van der Waals surface area contributed by atoms with Gasteiger partial charge in [-0.25, -0.2) is 9.97 Å². The molecule has 0 bridgehead atoms. The fraction of sp³-hybridized carbons (Fsp3) is 0.267. The zero-order valence-corrected chi connectivity index (χ0v) is 12.5. The summed E-state index contributed by atoms with van der Waals surface area (Å²) in [4.78, 5) is 21.6. The molecule has 0 aliphatic rings. The van der Waals surface area contributed by atoms with Crippen LogP contribution < -0.4 is 5.32 Å². The Hall–Kier alpha value is -2.84. The Balaban J connectivity index is 1.62. The summed E-state index contributed by atoms with van der Waals surface area (Å²) in [5, 5.41) is 2.73. The Kier molecular flexibility index (Phi) is 4.24. The van der Waals surface area contributed by atoms with E-state index in [2.05, 4.69) is 20.3 Å². The topological polar surface area (TPSA) is 75.6 Å². The summed E-state index contributed by atoms with van der Waals surface area (Å²) in [5.74, 6) is -1.42. The first kappa shape index (κ1) is 16.0. The molecule has 9 heteroatoms. The minimum Gasteiger partial charge on any atom is -0.352 e. The smallest absolute Gasteiger partial charge is 0.352 e. The Morgan fingerprint density at radius 1 is 1.33 bits per heavy atom. The zero-order chi connectivity index (χ0) is 17.2. The lowest BCUT2D eigenvalue weighted by atomic mass is 10.2. The van der Waals surface area contributed by atoms with Crippen molar-refractivity contribution < 1.29 is 18.0 Å². The van der Waals surface area contributed by atoms with E-state index in [0.29, 0.717) is 13.0 Å². The average molecular weight is 337 g/mol. The fourth-order valence-electron chi connectivity index (χ4n) is 2.27. The second-order valence-corrected chi connectivity index (χ2v) is 5.23. The molecule has 0 saturated carbocycles. The number of H-pyrrole nitrogens is 1. The molecule has 0 saturated heterocycles. The van der Waals surface area contributed by atoms with Crippen molar-refractivity contribution in [1.29, 1.82) is 0 Å². The average Bonchev–Trinajstić information content (AvgIpc) is 3.19. The summed E-state index contributed by atoms with van der Waals surface area (Å²) in [6, 6.07) is 4.21. The summed E-state index contributed by atoms with van der Waals surface area (Å²) in [6.45, 7) is 1.17. The van der Waals surface area contributed by atoms with E-state index in [1.54, 1.807) is 12.5 Å². The molecule has 2 aromatic heterocycles. The highest BCUT2D eigenvalue weighted by Crippen LogP contribution is 2.28. The molecule has 0 spiro atoms. The van der Waals surface area contributed by atoms with Crippen molar-refractivity contribution in [3.05, 3.63) is 48.3 Å². The van der Waals surface area contributed by atoms with Crippen LogP contribution in [0.2, 0.25) is 0 Å². The molecule has 0 unspecified atom stereocenters. The minimum absolute atomic E-state index is 0.166. The Bertz CT molecular complexity index is 839. The van der Waals surface area contributed by atoms with Crippen molar-refractivity contribution in [3.8, 4) is 0 Å². The molecule has 0 aliphatic heterocycles. The van der Waals surface area contributed by atoms with Crippen LogP contribution in [0.3, 0.4) is 0 Å². The number of aromatic nitrogens is 4. The van der Waals surface area contributed by atoms with Gasteiger partial charge in [0.15, 0.2) is 0 Å². The van der Waals surface area contributed by atoms with E-state index in [1.165, 1.54) is 18.2 Å². The van der Waals surface area contributed by atoms with Gasteiger partial charge in [0.2, 0.25) is 5.82 Å². The van der Waals surface area contributed by atoms with Gasteiger partial charge in [-0.3, -0.25) is 4.79 Å². The maximum atomic E-state index is 12.6. The molecule has 0 radical (unpaired) electrons. The van der Waals surface area contributed by atoms with E-state index < -0.39 is 12.0 Å². The molecule has 6 nitrogen and oxygen atoms in total. The van der Waals surface area contributed by atoms with Crippen LogP contribution in [-0.2, 0) is 12.7 Å². The van der Waals surface area contributed by atoms with Crippen LogP contribution in [0, 0.1) is 0 Å². The number of halogens is 3. The molecule has 1 amide bonds. The fourth-order valence-corrected chi connectivity index (χ4v) is 2.27. The number of aromatic amines is 1. The maximum Gasteiger partial charge on any atom is 0.449 e. The van der Waals surface area contributed by atoms with Crippen molar-refractivity contribution in [3.63, 3.8) is 0 Å². The largest absolute Gasteiger partial charge is 0.449 e. The van der Waals surface area contributed by atoms with Crippen LogP contribution in [0.5, 0.6) is 0 Å². The molecule has 2 heterocycles. The van der Waals surface area contributed by atoms with Gasteiger partial charge in [0.1, 0.15) is 0 Å². The SMILES string of the molecule is O=C(NCCCn1ccnc1)c1ccc2nc(C(F)(F)F)[nH]c2c1. The van der Waals surface area contributed by atoms with E-state index in [0.717, 1.165) is 6.54 Å². The van der Waals surface area contributed by atoms with Gasteiger partial charge >= 0.3 is 6.18 Å². The summed E-state index contributed by atoms with van der Waals surface area (Å²) in [5.41, 5.74) is 0.620. The van der Waals surface area contributed by atoms with Crippen LogP contribution >= 0.6 is 0 Å². The number of amides is 1. The highest BCUT2D eigenvalue weighted by Gasteiger charge is 2.34. The number of aryl methyl sites for hydroxylation is 1. The second-order valence-electron chi connectivity index (χ2n) is 5.23. The zero-order valence-electron chi connectivity index (χ0n) is 12.5. The third kappa shape index (κ3) is 3.55. The number of nitrogens with one attached hydrogen (secondary N) is 2. The third-order valence-electron chi connectivity index (χ3n) is 3.45. The summed E-state index contributed by atoms with van der Waals surface area (Å²) in [6.07, 6.45) is 1.35. The Morgan fingerprint density at radius 2 is 2.17 bits per heavy atom. The lowest BCUT2D eigenvalue weighted by Crippen LogP contribution is -2.25.